The highest BCUT2D eigenvalue weighted by Gasteiger charge is 2.16. The Hall–Kier alpha value is -1.69. The molecule has 0 saturated heterocycles. The molecule has 0 unspecified atom stereocenters. The molecule has 0 aliphatic heterocycles. The molecule has 0 fully saturated rings. The van der Waals surface area contributed by atoms with Gasteiger partial charge in [0.2, 0.25) is 15.9 Å². The molecule has 1 atom stereocenters. The van der Waals surface area contributed by atoms with E-state index in [0.29, 0.717) is 6.42 Å². The predicted octanol–water partition coefficient (Wildman–Crippen LogP) is -0.0777. The van der Waals surface area contributed by atoms with Crippen molar-refractivity contribution < 1.29 is 25.8 Å². The highest BCUT2D eigenvalue weighted by Crippen LogP contribution is 2.17. The normalized spacial score (nSPS) is 13.4. The van der Waals surface area contributed by atoms with Crippen molar-refractivity contribution in [1.82, 2.24) is 5.32 Å². The lowest BCUT2D eigenvalue weighted by molar-refractivity contribution is -0.122. The minimum atomic E-state index is -3.88. The van der Waals surface area contributed by atoms with Gasteiger partial charge in [0.1, 0.15) is 5.75 Å². The second-order valence-corrected chi connectivity index (χ2v) is 9.49. The Morgan fingerprint density at radius 3 is 2.23 bits per heavy atom. The van der Waals surface area contributed by atoms with Gasteiger partial charge in [-0.2, -0.15) is 8.42 Å². The molecular weight excluding hydrogens is 382 g/mol. The summed E-state index contributed by atoms with van der Waals surface area (Å²) in [5, 5.41) is 7.54. The molecule has 26 heavy (non-hydrogen) atoms. The van der Waals surface area contributed by atoms with E-state index in [9.17, 15) is 21.6 Å². The molecule has 148 valence electrons. The molecular formula is C15H25N3O6S2. The maximum atomic E-state index is 11.9. The second kappa shape index (κ2) is 9.31. The van der Waals surface area contributed by atoms with Crippen molar-refractivity contribution in [2.75, 3.05) is 12.3 Å². The van der Waals surface area contributed by atoms with E-state index >= 15 is 0 Å². The van der Waals surface area contributed by atoms with Crippen LogP contribution in [0.3, 0.4) is 0 Å². The van der Waals surface area contributed by atoms with Gasteiger partial charge in [-0.05, 0) is 43.0 Å². The third kappa shape index (κ3) is 8.13. The third-order valence-electron chi connectivity index (χ3n) is 3.31. The van der Waals surface area contributed by atoms with Crippen LogP contribution in [0.4, 0.5) is 0 Å². The number of hydrogen-bond donors (Lipinski definition) is 3. The summed E-state index contributed by atoms with van der Waals surface area (Å²) in [4.78, 5) is 11.6. The van der Waals surface area contributed by atoms with Crippen LogP contribution in [0.1, 0.15) is 26.7 Å². The van der Waals surface area contributed by atoms with E-state index in [1.165, 1.54) is 12.1 Å². The first-order chi connectivity index (χ1) is 11.9. The van der Waals surface area contributed by atoms with Gasteiger partial charge in [0, 0.05) is 6.54 Å². The summed E-state index contributed by atoms with van der Waals surface area (Å²) < 4.78 is 51.0. The molecule has 9 nitrogen and oxygen atoms in total. The zero-order chi connectivity index (χ0) is 20.0. The third-order valence-corrected chi connectivity index (χ3v) is 5.47. The van der Waals surface area contributed by atoms with Crippen LogP contribution in [-0.2, 0) is 24.9 Å². The SMILES string of the molecule is CC(C)C[C@H](N)C(=O)NCCCS(=O)(=O)Oc1ccc(S(N)(=O)=O)cc1. The van der Waals surface area contributed by atoms with Crippen LogP contribution in [-0.4, -0.2) is 41.1 Å². The zero-order valence-corrected chi connectivity index (χ0v) is 16.3. The quantitative estimate of drug-likeness (QED) is 0.361. The number of carbonyl (C=O) groups excluding carboxylic acids is 1. The standard InChI is InChI=1S/C15H25N3O6S2/c1-11(2)10-14(16)15(19)18-8-3-9-25(20,21)24-12-4-6-13(7-5-12)26(17,22)23/h4-7,11,14H,3,8-10,16H2,1-2H3,(H,18,19)(H2,17,22,23)/t14-/m0/s1. The Balaban J connectivity index is 2.46. The number of rotatable bonds is 10. The Kier molecular flexibility index (Phi) is 8.00. The molecule has 0 heterocycles. The van der Waals surface area contributed by atoms with Gasteiger partial charge >= 0.3 is 10.1 Å². The number of carbonyl (C=O) groups is 1. The van der Waals surface area contributed by atoms with Gasteiger partial charge in [0.15, 0.2) is 0 Å². The van der Waals surface area contributed by atoms with Crippen LogP contribution < -0.4 is 20.4 Å². The molecule has 1 rings (SSSR count). The summed E-state index contributed by atoms with van der Waals surface area (Å²) >= 11 is 0. The van der Waals surface area contributed by atoms with Crippen LogP contribution in [0.5, 0.6) is 5.75 Å². The van der Waals surface area contributed by atoms with Crippen molar-refractivity contribution in [2.24, 2.45) is 16.8 Å². The summed E-state index contributed by atoms with van der Waals surface area (Å²) in [5.74, 6) is -0.384. The second-order valence-electron chi connectivity index (χ2n) is 6.24. The monoisotopic (exact) mass is 407 g/mol. The van der Waals surface area contributed by atoms with Crippen molar-refractivity contribution >= 4 is 26.0 Å². The first-order valence-electron chi connectivity index (χ1n) is 7.99. The summed E-state index contributed by atoms with van der Waals surface area (Å²) in [6.07, 6.45) is 0.694. The fourth-order valence-corrected chi connectivity index (χ4v) is 3.58. The van der Waals surface area contributed by atoms with Gasteiger partial charge in [-0.1, -0.05) is 13.8 Å². The van der Waals surface area contributed by atoms with Gasteiger partial charge in [-0.3, -0.25) is 4.79 Å². The van der Waals surface area contributed by atoms with Crippen LogP contribution in [0.25, 0.3) is 0 Å². The van der Waals surface area contributed by atoms with Crippen molar-refractivity contribution in [3.05, 3.63) is 24.3 Å². The molecule has 11 heteroatoms. The van der Waals surface area contributed by atoms with Crippen molar-refractivity contribution in [2.45, 2.75) is 37.6 Å². The van der Waals surface area contributed by atoms with Gasteiger partial charge in [-0.25, -0.2) is 13.6 Å². The molecule has 0 aliphatic carbocycles. The van der Waals surface area contributed by atoms with E-state index in [1.807, 2.05) is 13.8 Å². The number of hydrogen-bond acceptors (Lipinski definition) is 7. The smallest absolute Gasteiger partial charge is 0.309 e. The van der Waals surface area contributed by atoms with Crippen LogP contribution >= 0.6 is 0 Å². The number of primary sulfonamides is 1. The average Bonchev–Trinajstić information content (AvgIpc) is 2.50. The molecule has 1 aromatic rings. The van der Waals surface area contributed by atoms with E-state index in [4.69, 9.17) is 15.1 Å². The van der Waals surface area contributed by atoms with Gasteiger partial charge in [-0.15, -0.1) is 0 Å². The molecule has 1 amide bonds. The number of benzene rings is 1. The fourth-order valence-electron chi connectivity index (χ4n) is 2.08. The first-order valence-corrected chi connectivity index (χ1v) is 11.1. The van der Waals surface area contributed by atoms with E-state index in [-0.39, 0.29) is 41.2 Å². The molecule has 0 radical (unpaired) electrons. The summed E-state index contributed by atoms with van der Waals surface area (Å²) in [7, 11) is -7.74. The number of amides is 1. The predicted molar refractivity (Wildman–Crippen MR) is 97.3 cm³/mol. The Morgan fingerprint density at radius 2 is 1.73 bits per heavy atom. The number of nitrogens with one attached hydrogen (secondary N) is 1. The van der Waals surface area contributed by atoms with Gasteiger partial charge in [0.25, 0.3) is 0 Å². The molecule has 0 aromatic heterocycles. The number of sulfonamides is 1. The van der Waals surface area contributed by atoms with Gasteiger partial charge < -0.3 is 15.2 Å². The lowest BCUT2D eigenvalue weighted by Crippen LogP contribution is -2.42. The summed E-state index contributed by atoms with van der Waals surface area (Å²) in [6, 6.07) is 4.07. The fraction of sp³-hybridized carbons (Fsp3) is 0.533. The topological polar surface area (TPSA) is 159 Å². The molecule has 5 N–H and O–H groups in total. The molecule has 0 spiro atoms. The highest BCUT2D eigenvalue weighted by atomic mass is 32.2. The van der Waals surface area contributed by atoms with E-state index in [1.54, 1.807) is 0 Å². The Labute approximate surface area is 154 Å². The average molecular weight is 408 g/mol. The maximum absolute atomic E-state index is 11.9. The Morgan fingerprint density at radius 1 is 1.15 bits per heavy atom. The molecule has 0 saturated carbocycles. The van der Waals surface area contributed by atoms with E-state index in [2.05, 4.69) is 5.32 Å². The summed E-state index contributed by atoms with van der Waals surface area (Å²) in [6.45, 7) is 4.05. The lowest BCUT2D eigenvalue weighted by atomic mass is 10.0. The van der Waals surface area contributed by atoms with E-state index < -0.39 is 26.2 Å². The maximum Gasteiger partial charge on any atom is 0.309 e. The minimum absolute atomic E-state index is 0.0274. The van der Waals surface area contributed by atoms with Crippen molar-refractivity contribution in [1.29, 1.82) is 0 Å². The first kappa shape index (κ1) is 22.4. The largest absolute Gasteiger partial charge is 0.382 e. The molecule has 0 bridgehead atoms. The molecule has 1 aromatic carbocycles. The number of nitrogens with two attached hydrogens (primary N) is 2. The minimum Gasteiger partial charge on any atom is -0.382 e. The van der Waals surface area contributed by atoms with Crippen LogP contribution in [0.15, 0.2) is 29.2 Å². The lowest BCUT2D eigenvalue weighted by Gasteiger charge is -2.14. The zero-order valence-electron chi connectivity index (χ0n) is 14.7. The highest BCUT2D eigenvalue weighted by molar-refractivity contribution is 7.89. The van der Waals surface area contributed by atoms with Crippen molar-refractivity contribution in [3.8, 4) is 5.75 Å². The molecule has 0 aliphatic rings. The Bertz CT molecular complexity index is 804. The van der Waals surface area contributed by atoms with Crippen molar-refractivity contribution in [3.63, 3.8) is 0 Å². The van der Waals surface area contributed by atoms with Crippen LogP contribution in [0, 0.1) is 5.92 Å². The summed E-state index contributed by atoms with van der Waals surface area (Å²) in [5.41, 5.74) is 5.72. The van der Waals surface area contributed by atoms with E-state index in [0.717, 1.165) is 12.1 Å². The van der Waals surface area contributed by atoms with Gasteiger partial charge in [0.05, 0.1) is 16.7 Å². The van der Waals surface area contributed by atoms with Crippen LogP contribution in [0.2, 0.25) is 0 Å².